The SMILES string of the molecule is CC(=O)NCCC(O)C(O)c1ccccc1CCl. The predicted molar refractivity (Wildman–Crippen MR) is 70.3 cm³/mol. The molecule has 1 aromatic rings. The maximum atomic E-state index is 10.7. The molecular formula is C13H18ClNO3. The van der Waals surface area contributed by atoms with Crippen molar-refractivity contribution in [2.45, 2.75) is 31.4 Å². The number of alkyl halides is 1. The monoisotopic (exact) mass is 271 g/mol. The van der Waals surface area contributed by atoms with Gasteiger partial charge in [0.1, 0.15) is 6.10 Å². The Labute approximate surface area is 112 Å². The smallest absolute Gasteiger partial charge is 0.216 e. The Morgan fingerprint density at radius 1 is 1.39 bits per heavy atom. The second-order valence-corrected chi connectivity index (χ2v) is 4.38. The maximum Gasteiger partial charge on any atom is 0.216 e. The Morgan fingerprint density at radius 3 is 2.67 bits per heavy atom. The molecule has 0 saturated heterocycles. The third-order valence-electron chi connectivity index (χ3n) is 2.70. The van der Waals surface area contributed by atoms with Gasteiger partial charge in [0.15, 0.2) is 0 Å². The Morgan fingerprint density at radius 2 is 2.06 bits per heavy atom. The van der Waals surface area contributed by atoms with E-state index < -0.39 is 12.2 Å². The first-order valence-electron chi connectivity index (χ1n) is 5.80. The molecule has 0 aliphatic rings. The van der Waals surface area contributed by atoms with Crippen molar-refractivity contribution in [3.05, 3.63) is 35.4 Å². The fraction of sp³-hybridized carbons (Fsp3) is 0.462. The molecule has 0 aliphatic carbocycles. The fourth-order valence-corrected chi connectivity index (χ4v) is 1.95. The molecule has 2 unspecified atom stereocenters. The molecule has 2 atom stereocenters. The van der Waals surface area contributed by atoms with Crippen LogP contribution in [-0.4, -0.2) is 28.8 Å². The van der Waals surface area contributed by atoms with E-state index in [-0.39, 0.29) is 18.2 Å². The van der Waals surface area contributed by atoms with E-state index in [9.17, 15) is 15.0 Å². The standard InChI is InChI=1S/C13H18ClNO3/c1-9(16)15-7-6-12(17)13(18)11-5-3-2-4-10(11)8-14/h2-5,12-13,17-18H,6-8H2,1H3,(H,15,16). The van der Waals surface area contributed by atoms with E-state index in [1.165, 1.54) is 6.92 Å². The fourth-order valence-electron chi connectivity index (χ4n) is 1.71. The summed E-state index contributed by atoms with van der Waals surface area (Å²) < 4.78 is 0. The number of nitrogens with one attached hydrogen (secondary N) is 1. The number of amides is 1. The van der Waals surface area contributed by atoms with Crippen molar-refractivity contribution in [3.8, 4) is 0 Å². The minimum atomic E-state index is -0.992. The molecule has 0 aromatic heterocycles. The van der Waals surface area contributed by atoms with Gasteiger partial charge in [0, 0.05) is 19.3 Å². The van der Waals surface area contributed by atoms with Gasteiger partial charge in [0.25, 0.3) is 0 Å². The summed E-state index contributed by atoms with van der Waals surface area (Å²) in [6.07, 6.45) is -1.63. The molecule has 1 amide bonds. The molecule has 0 fully saturated rings. The van der Waals surface area contributed by atoms with Gasteiger partial charge in [-0.2, -0.15) is 0 Å². The van der Waals surface area contributed by atoms with E-state index in [0.29, 0.717) is 12.1 Å². The summed E-state index contributed by atoms with van der Waals surface area (Å²) in [5, 5.41) is 22.5. The van der Waals surface area contributed by atoms with Gasteiger partial charge >= 0.3 is 0 Å². The number of aliphatic hydroxyl groups is 2. The highest BCUT2D eigenvalue weighted by atomic mass is 35.5. The van der Waals surface area contributed by atoms with Crippen LogP contribution in [0.25, 0.3) is 0 Å². The number of aliphatic hydroxyl groups excluding tert-OH is 2. The Kier molecular flexibility index (Phi) is 6.12. The molecule has 0 heterocycles. The second-order valence-electron chi connectivity index (χ2n) is 4.12. The normalized spacial score (nSPS) is 14.0. The molecule has 0 bridgehead atoms. The van der Waals surface area contributed by atoms with E-state index in [4.69, 9.17) is 11.6 Å². The van der Waals surface area contributed by atoms with E-state index >= 15 is 0 Å². The average Bonchev–Trinajstić information content (AvgIpc) is 2.37. The number of carbonyl (C=O) groups excluding carboxylic acids is 1. The maximum absolute atomic E-state index is 10.7. The van der Waals surface area contributed by atoms with Crippen LogP contribution in [0, 0.1) is 0 Å². The predicted octanol–water partition coefficient (Wildman–Crippen LogP) is 1.35. The lowest BCUT2D eigenvalue weighted by Crippen LogP contribution is -2.28. The Bertz CT molecular complexity index is 398. The van der Waals surface area contributed by atoms with Crippen molar-refractivity contribution >= 4 is 17.5 Å². The van der Waals surface area contributed by atoms with Gasteiger partial charge in [-0.15, -0.1) is 11.6 Å². The van der Waals surface area contributed by atoms with E-state index in [1.807, 2.05) is 12.1 Å². The van der Waals surface area contributed by atoms with Gasteiger partial charge in [0.05, 0.1) is 6.10 Å². The number of benzene rings is 1. The van der Waals surface area contributed by atoms with Crippen molar-refractivity contribution in [1.29, 1.82) is 0 Å². The lowest BCUT2D eigenvalue weighted by atomic mass is 9.98. The highest BCUT2D eigenvalue weighted by molar-refractivity contribution is 6.17. The van der Waals surface area contributed by atoms with Crippen molar-refractivity contribution in [2.24, 2.45) is 0 Å². The highest BCUT2D eigenvalue weighted by Gasteiger charge is 2.20. The van der Waals surface area contributed by atoms with Gasteiger partial charge in [-0.25, -0.2) is 0 Å². The molecule has 18 heavy (non-hydrogen) atoms. The Balaban J connectivity index is 2.62. The third-order valence-corrected chi connectivity index (χ3v) is 2.98. The van der Waals surface area contributed by atoms with E-state index in [2.05, 4.69) is 5.32 Å². The largest absolute Gasteiger partial charge is 0.390 e. The van der Waals surface area contributed by atoms with E-state index in [0.717, 1.165) is 5.56 Å². The van der Waals surface area contributed by atoms with Crippen LogP contribution in [-0.2, 0) is 10.7 Å². The molecule has 100 valence electrons. The number of rotatable bonds is 6. The van der Waals surface area contributed by atoms with Crippen molar-refractivity contribution in [3.63, 3.8) is 0 Å². The zero-order valence-electron chi connectivity index (χ0n) is 10.3. The molecule has 5 heteroatoms. The molecule has 1 rings (SSSR count). The van der Waals surface area contributed by atoms with Crippen LogP contribution in [0.15, 0.2) is 24.3 Å². The Hall–Kier alpha value is -1.10. The number of hydrogen-bond acceptors (Lipinski definition) is 3. The van der Waals surface area contributed by atoms with E-state index in [1.54, 1.807) is 12.1 Å². The van der Waals surface area contributed by atoms with Crippen LogP contribution in [0.2, 0.25) is 0 Å². The minimum absolute atomic E-state index is 0.155. The lowest BCUT2D eigenvalue weighted by molar-refractivity contribution is -0.119. The van der Waals surface area contributed by atoms with Crippen molar-refractivity contribution in [1.82, 2.24) is 5.32 Å². The van der Waals surface area contributed by atoms with Crippen LogP contribution in [0.1, 0.15) is 30.6 Å². The van der Waals surface area contributed by atoms with Gasteiger partial charge in [0.2, 0.25) is 5.91 Å². The minimum Gasteiger partial charge on any atom is -0.390 e. The van der Waals surface area contributed by atoms with Crippen LogP contribution >= 0.6 is 11.6 Å². The first-order valence-corrected chi connectivity index (χ1v) is 6.34. The molecule has 0 spiro atoms. The quantitative estimate of drug-likeness (QED) is 0.684. The van der Waals surface area contributed by atoms with Crippen molar-refractivity contribution in [2.75, 3.05) is 6.54 Å². The number of carbonyl (C=O) groups is 1. The zero-order chi connectivity index (χ0) is 13.5. The summed E-state index contributed by atoms with van der Waals surface area (Å²) in [5.41, 5.74) is 1.42. The zero-order valence-corrected chi connectivity index (χ0v) is 11.0. The van der Waals surface area contributed by atoms with Crippen LogP contribution < -0.4 is 5.32 Å². The number of halogens is 1. The summed E-state index contributed by atoms with van der Waals surface area (Å²) in [4.78, 5) is 10.7. The average molecular weight is 272 g/mol. The first-order chi connectivity index (χ1) is 8.56. The molecule has 4 nitrogen and oxygen atoms in total. The summed E-state index contributed by atoms with van der Waals surface area (Å²) in [6, 6.07) is 7.17. The van der Waals surface area contributed by atoms with Crippen LogP contribution in [0.3, 0.4) is 0 Å². The summed E-state index contributed by atoms with van der Waals surface area (Å²) in [6.45, 7) is 1.74. The summed E-state index contributed by atoms with van der Waals surface area (Å²) >= 11 is 5.78. The third kappa shape index (κ3) is 4.29. The van der Waals surface area contributed by atoms with Gasteiger partial charge in [-0.1, -0.05) is 24.3 Å². The number of hydrogen-bond donors (Lipinski definition) is 3. The van der Waals surface area contributed by atoms with Gasteiger partial charge in [-0.05, 0) is 17.5 Å². The molecular weight excluding hydrogens is 254 g/mol. The van der Waals surface area contributed by atoms with Crippen LogP contribution in [0.4, 0.5) is 0 Å². The molecule has 1 aromatic carbocycles. The summed E-state index contributed by atoms with van der Waals surface area (Å²) in [7, 11) is 0. The van der Waals surface area contributed by atoms with Crippen LogP contribution in [0.5, 0.6) is 0 Å². The topological polar surface area (TPSA) is 69.6 Å². The summed E-state index contributed by atoms with van der Waals surface area (Å²) in [5.74, 6) is 0.129. The molecule has 0 aliphatic heterocycles. The second kappa shape index (κ2) is 7.36. The van der Waals surface area contributed by atoms with Gasteiger partial charge < -0.3 is 15.5 Å². The van der Waals surface area contributed by atoms with Gasteiger partial charge in [-0.3, -0.25) is 4.79 Å². The molecule has 3 N–H and O–H groups in total. The lowest BCUT2D eigenvalue weighted by Gasteiger charge is -2.20. The molecule has 0 saturated carbocycles. The first kappa shape index (κ1) is 15.0. The molecule has 0 radical (unpaired) electrons. The van der Waals surface area contributed by atoms with Crippen molar-refractivity contribution < 1.29 is 15.0 Å². The highest BCUT2D eigenvalue weighted by Crippen LogP contribution is 2.23.